The zero-order valence-corrected chi connectivity index (χ0v) is 14.0. The number of phenols is 1. The molecule has 1 N–H and O–H groups in total. The summed E-state index contributed by atoms with van der Waals surface area (Å²) in [7, 11) is 0. The van der Waals surface area contributed by atoms with Crippen molar-refractivity contribution in [2.45, 2.75) is 18.8 Å². The van der Waals surface area contributed by atoms with Crippen molar-refractivity contribution in [3.8, 4) is 5.75 Å². The van der Waals surface area contributed by atoms with Crippen LogP contribution in [-0.2, 0) is 0 Å². The third-order valence-electron chi connectivity index (χ3n) is 4.33. The van der Waals surface area contributed by atoms with E-state index in [1.165, 1.54) is 5.56 Å². The van der Waals surface area contributed by atoms with Gasteiger partial charge in [-0.05, 0) is 48.6 Å². The molecule has 1 aliphatic heterocycles. The Bertz CT molecular complexity index is 707. The maximum Gasteiger partial charge on any atom is 0.255 e. The van der Waals surface area contributed by atoms with E-state index in [2.05, 4.69) is 0 Å². The van der Waals surface area contributed by atoms with Crippen LogP contribution in [0.1, 0.15) is 34.7 Å². The number of nitrogens with zero attached hydrogens (tertiary/aromatic N) is 1. The van der Waals surface area contributed by atoms with Crippen LogP contribution in [-0.4, -0.2) is 29.0 Å². The lowest BCUT2D eigenvalue weighted by Gasteiger charge is -2.32. The summed E-state index contributed by atoms with van der Waals surface area (Å²) in [6.45, 7) is 1.38. The number of likely N-dealkylation sites (tertiary alicyclic amines) is 1. The fourth-order valence-corrected chi connectivity index (χ4v) is 3.38. The standard InChI is InChI=1S/C18H17Cl2NO2/c19-16-3-1-2-15(17(16)20)18(23)21-10-8-13(9-11-21)12-4-6-14(22)7-5-12/h1-7,13,22H,8-11H2. The van der Waals surface area contributed by atoms with Crippen LogP contribution in [0, 0.1) is 0 Å². The minimum absolute atomic E-state index is 0.0679. The molecule has 120 valence electrons. The van der Waals surface area contributed by atoms with Crippen molar-refractivity contribution >= 4 is 29.1 Å². The first-order valence-electron chi connectivity index (χ1n) is 7.58. The lowest BCUT2D eigenvalue weighted by atomic mass is 9.89. The molecule has 2 aromatic rings. The first kappa shape index (κ1) is 16.2. The normalized spacial score (nSPS) is 15.7. The van der Waals surface area contributed by atoms with E-state index in [9.17, 15) is 9.90 Å². The maximum atomic E-state index is 12.6. The molecule has 2 aromatic carbocycles. The van der Waals surface area contributed by atoms with Gasteiger partial charge in [-0.2, -0.15) is 0 Å². The Morgan fingerprint density at radius 1 is 1.04 bits per heavy atom. The van der Waals surface area contributed by atoms with Gasteiger partial charge < -0.3 is 10.0 Å². The van der Waals surface area contributed by atoms with Gasteiger partial charge in [-0.15, -0.1) is 0 Å². The fraction of sp³-hybridized carbons (Fsp3) is 0.278. The van der Waals surface area contributed by atoms with Gasteiger partial charge in [0.15, 0.2) is 0 Å². The molecule has 1 amide bonds. The number of halogens is 2. The number of amides is 1. The van der Waals surface area contributed by atoms with Gasteiger partial charge in [0, 0.05) is 13.1 Å². The molecule has 0 aliphatic carbocycles. The summed E-state index contributed by atoms with van der Waals surface area (Å²) in [4.78, 5) is 14.4. The molecule has 23 heavy (non-hydrogen) atoms. The van der Waals surface area contributed by atoms with Crippen molar-refractivity contribution in [2.75, 3.05) is 13.1 Å². The van der Waals surface area contributed by atoms with Crippen LogP contribution in [0.4, 0.5) is 0 Å². The Kier molecular flexibility index (Phi) is 4.79. The van der Waals surface area contributed by atoms with Crippen LogP contribution < -0.4 is 0 Å². The van der Waals surface area contributed by atoms with Gasteiger partial charge in [-0.3, -0.25) is 4.79 Å². The summed E-state index contributed by atoms with van der Waals surface area (Å²) in [5.74, 6) is 0.619. The molecule has 3 rings (SSSR count). The number of hydrogen-bond acceptors (Lipinski definition) is 2. The van der Waals surface area contributed by atoms with Crippen molar-refractivity contribution < 1.29 is 9.90 Å². The number of carbonyl (C=O) groups is 1. The van der Waals surface area contributed by atoms with Crippen molar-refractivity contribution in [1.82, 2.24) is 4.90 Å². The van der Waals surface area contributed by atoms with E-state index in [1.807, 2.05) is 17.0 Å². The molecule has 0 bridgehead atoms. The molecule has 1 saturated heterocycles. The van der Waals surface area contributed by atoms with Crippen LogP contribution >= 0.6 is 23.2 Å². The van der Waals surface area contributed by atoms with Crippen molar-refractivity contribution in [3.05, 3.63) is 63.6 Å². The van der Waals surface area contributed by atoms with E-state index in [-0.39, 0.29) is 11.7 Å². The first-order valence-corrected chi connectivity index (χ1v) is 8.34. The molecule has 0 radical (unpaired) electrons. The molecule has 0 unspecified atom stereocenters. The highest BCUT2D eigenvalue weighted by Crippen LogP contribution is 2.31. The van der Waals surface area contributed by atoms with Crippen LogP contribution in [0.5, 0.6) is 5.75 Å². The quantitative estimate of drug-likeness (QED) is 0.852. The second-order valence-electron chi connectivity index (χ2n) is 5.76. The van der Waals surface area contributed by atoms with Crippen LogP contribution in [0.2, 0.25) is 10.0 Å². The monoisotopic (exact) mass is 349 g/mol. The lowest BCUT2D eigenvalue weighted by molar-refractivity contribution is 0.0713. The zero-order valence-electron chi connectivity index (χ0n) is 12.5. The first-order chi connectivity index (χ1) is 11.1. The predicted molar refractivity (Wildman–Crippen MR) is 92.4 cm³/mol. The van der Waals surface area contributed by atoms with Gasteiger partial charge in [0.2, 0.25) is 0 Å². The van der Waals surface area contributed by atoms with E-state index in [0.29, 0.717) is 34.6 Å². The van der Waals surface area contributed by atoms with E-state index < -0.39 is 0 Å². The van der Waals surface area contributed by atoms with Gasteiger partial charge in [-0.1, -0.05) is 41.4 Å². The molecule has 0 aromatic heterocycles. The fourth-order valence-electron chi connectivity index (χ4n) is 3.00. The Morgan fingerprint density at radius 2 is 1.70 bits per heavy atom. The largest absolute Gasteiger partial charge is 0.508 e. The van der Waals surface area contributed by atoms with E-state index in [4.69, 9.17) is 23.2 Å². The number of benzene rings is 2. The van der Waals surface area contributed by atoms with Gasteiger partial charge in [0.05, 0.1) is 15.6 Å². The van der Waals surface area contributed by atoms with Gasteiger partial charge in [-0.25, -0.2) is 0 Å². The van der Waals surface area contributed by atoms with Crippen LogP contribution in [0.3, 0.4) is 0 Å². The average molecular weight is 350 g/mol. The molecule has 3 nitrogen and oxygen atoms in total. The predicted octanol–water partition coefficient (Wildman–Crippen LogP) is 4.72. The highest BCUT2D eigenvalue weighted by Gasteiger charge is 2.26. The summed E-state index contributed by atoms with van der Waals surface area (Å²) in [6.07, 6.45) is 1.80. The van der Waals surface area contributed by atoms with Crippen LogP contribution in [0.25, 0.3) is 0 Å². The zero-order chi connectivity index (χ0) is 16.4. The smallest absolute Gasteiger partial charge is 0.255 e. The number of carbonyl (C=O) groups excluding carboxylic acids is 1. The summed E-state index contributed by atoms with van der Waals surface area (Å²) >= 11 is 12.1. The Labute approximate surface area is 145 Å². The Balaban J connectivity index is 1.68. The highest BCUT2D eigenvalue weighted by atomic mass is 35.5. The molecule has 1 aliphatic rings. The van der Waals surface area contributed by atoms with E-state index >= 15 is 0 Å². The van der Waals surface area contributed by atoms with Gasteiger partial charge in [0.1, 0.15) is 5.75 Å². The van der Waals surface area contributed by atoms with Gasteiger partial charge in [0.25, 0.3) is 5.91 Å². The Hall–Kier alpha value is -1.71. The second kappa shape index (κ2) is 6.81. The van der Waals surface area contributed by atoms with Gasteiger partial charge >= 0.3 is 0 Å². The molecule has 5 heteroatoms. The summed E-state index contributed by atoms with van der Waals surface area (Å²) in [5.41, 5.74) is 1.66. The molecular formula is C18H17Cl2NO2. The number of piperidine rings is 1. The molecule has 1 heterocycles. The Morgan fingerprint density at radius 3 is 2.35 bits per heavy atom. The minimum atomic E-state index is -0.0679. The summed E-state index contributed by atoms with van der Waals surface area (Å²) in [6, 6.07) is 12.4. The molecule has 0 saturated carbocycles. The average Bonchev–Trinajstić information content (AvgIpc) is 2.58. The molecule has 0 spiro atoms. The maximum absolute atomic E-state index is 12.6. The number of phenolic OH excluding ortho intramolecular Hbond substituents is 1. The highest BCUT2D eigenvalue weighted by molar-refractivity contribution is 6.43. The van der Waals surface area contributed by atoms with E-state index in [1.54, 1.807) is 30.3 Å². The number of hydrogen-bond donors (Lipinski definition) is 1. The lowest BCUT2D eigenvalue weighted by Crippen LogP contribution is -2.38. The number of rotatable bonds is 2. The molecule has 0 atom stereocenters. The third-order valence-corrected chi connectivity index (χ3v) is 5.15. The van der Waals surface area contributed by atoms with Crippen molar-refractivity contribution in [1.29, 1.82) is 0 Å². The second-order valence-corrected chi connectivity index (χ2v) is 6.54. The van der Waals surface area contributed by atoms with Crippen LogP contribution in [0.15, 0.2) is 42.5 Å². The molecule has 1 fully saturated rings. The molecular weight excluding hydrogens is 333 g/mol. The topological polar surface area (TPSA) is 40.5 Å². The van der Waals surface area contributed by atoms with Crippen molar-refractivity contribution in [3.63, 3.8) is 0 Å². The SMILES string of the molecule is O=C(c1cccc(Cl)c1Cl)N1CCC(c2ccc(O)cc2)CC1. The van der Waals surface area contributed by atoms with E-state index in [0.717, 1.165) is 12.8 Å². The summed E-state index contributed by atoms with van der Waals surface area (Å²) in [5, 5.41) is 10.1. The third kappa shape index (κ3) is 3.46. The summed E-state index contributed by atoms with van der Waals surface area (Å²) < 4.78 is 0. The van der Waals surface area contributed by atoms with Crippen molar-refractivity contribution in [2.24, 2.45) is 0 Å². The minimum Gasteiger partial charge on any atom is -0.508 e. The number of aromatic hydroxyl groups is 1.